The molecule has 1 aromatic carbocycles. The number of imidazole rings is 1. The summed E-state index contributed by atoms with van der Waals surface area (Å²) in [7, 11) is 2.09. The lowest BCUT2D eigenvalue weighted by molar-refractivity contribution is 0.195. The molecule has 5 heteroatoms. The zero-order valence-electron chi connectivity index (χ0n) is 15.5. The van der Waals surface area contributed by atoms with Crippen LogP contribution in [0.2, 0.25) is 0 Å². The Morgan fingerprint density at radius 1 is 1.36 bits per heavy atom. The van der Waals surface area contributed by atoms with Crippen LogP contribution < -0.4 is 4.74 Å². The van der Waals surface area contributed by atoms with Crippen molar-refractivity contribution in [2.45, 2.75) is 45.8 Å². The van der Waals surface area contributed by atoms with E-state index in [1.54, 1.807) is 0 Å². The molecule has 0 spiro atoms. The molecule has 1 aliphatic rings. The van der Waals surface area contributed by atoms with Crippen molar-refractivity contribution >= 4 is 0 Å². The number of hydrogen-bond donors (Lipinski definition) is 1. The van der Waals surface area contributed by atoms with Crippen molar-refractivity contribution < 1.29 is 9.84 Å². The summed E-state index contributed by atoms with van der Waals surface area (Å²) < 4.78 is 7.75. The Balaban J connectivity index is 1.69. The zero-order chi connectivity index (χ0) is 17.8. The number of aryl methyl sites for hydroxylation is 2. The van der Waals surface area contributed by atoms with E-state index in [4.69, 9.17) is 9.72 Å². The Hall–Kier alpha value is -1.85. The van der Waals surface area contributed by atoms with Crippen molar-refractivity contribution in [3.63, 3.8) is 0 Å². The summed E-state index contributed by atoms with van der Waals surface area (Å²) in [5.74, 6) is 2.48. The molecule has 1 fully saturated rings. The van der Waals surface area contributed by atoms with E-state index >= 15 is 0 Å². The van der Waals surface area contributed by atoms with E-state index in [9.17, 15) is 5.11 Å². The molecular formula is C20H29N3O2. The summed E-state index contributed by atoms with van der Waals surface area (Å²) in [5.41, 5.74) is 3.19. The molecule has 0 aliphatic carbocycles. The van der Waals surface area contributed by atoms with Gasteiger partial charge in [0.05, 0.1) is 18.9 Å². The molecule has 2 aromatic rings. The summed E-state index contributed by atoms with van der Waals surface area (Å²) in [6.07, 6.45) is 4.50. The Kier molecular flexibility index (Phi) is 5.76. The Morgan fingerprint density at radius 2 is 2.20 bits per heavy atom. The summed E-state index contributed by atoms with van der Waals surface area (Å²) in [4.78, 5) is 7.22. The first-order valence-corrected chi connectivity index (χ1v) is 9.18. The van der Waals surface area contributed by atoms with Gasteiger partial charge in [-0.1, -0.05) is 6.07 Å². The van der Waals surface area contributed by atoms with Crippen LogP contribution in [0.1, 0.15) is 48.3 Å². The molecule has 1 aromatic heterocycles. The van der Waals surface area contributed by atoms with Gasteiger partial charge in [0.25, 0.3) is 0 Å². The number of likely N-dealkylation sites (tertiary alicyclic amines) is 1. The van der Waals surface area contributed by atoms with Crippen LogP contribution in [0, 0.1) is 6.92 Å². The molecular weight excluding hydrogens is 314 g/mol. The van der Waals surface area contributed by atoms with Crippen LogP contribution in [0.5, 0.6) is 5.75 Å². The second-order valence-electron chi connectivity index (χ2n) is 6.96. The van der Waals surface area contributed by atoms with Gasteiger partial charge in [-0.05, 0) is 50.9 Å². The Labute approximate surface area is 150 Å². The highest BCUT2D eigenvalue weighted by Gasteiger charge is 2.24. The van der Waals surface area contributed by atoms with Gasteiger partial charge >= 0.3 is 0 Å². The van der Waals surface area contributed by atoms with Gasteiger partial charge in [-0.15, -0.1) is 0 Å². The van der Waals surface area contributed by atoms with Gasteiger partial charge in [0.15, 0.2) is 0 Å². The lowest BCUT2D eigenvalue weighted by atomic mass is 9.96. The highest BCUT2D eigenvalue weighted by molar-refractivity contribution is 5.37. The van der Waals surface area contributed by atoms with Crippen molar-refractivity contribution in [2.75, 3.05) is 19.7 Å². The standard InChI is InChI=1S/C20H29N3O2/c1-4-25-19-8-7-16(10-18(19)14-24)12-23-9-5-6-17(13-23)20-21-15(2)11-22(20)3/h7-8,10-11,17,24H,4-6,9,12-14H2,1-3H3/t17-/m0/s1. The Bertz CT molecular complexity index is 711. The van der Waals surface area contributed by atoms with E-state index in [1.165, 1.54) is 24.2 Å². The molecule has 0 saturated carbocycles. The van der Waals surface area contributed by atoms with E-state index in [-0.39, 0.29) is 6.61 Å². The van der Waals surface area contributed by atoms with Gasteiger partial charge in [-0.25, -0.2) is 4.98 Å². The maximum atomic E-state index is 9.59. The molecule has 1 saturated heterocycles. The predicted octanol–water partition coefficient (Wildman–Crippen LogP) is 3.00. The van der Waals surface area contributed by atoms with E-state index in [0.717, 1.165) is 36.6 Å². The van der Waals surface area contributed by atoms with Crippen LogP contribution in [-0.2, 0) is 20.2 Å². The maximum absolute atomic E-state index is 9.59. The molecule has 0 amide bonds. The SMILES string of the molecule is CCOc1ccc(CN2CCC[C@H](c3nc(C)cn3C)C2)cc1CO. The van der Waals surface area contributed by atoms with Crippen LogP contribution in [0.15, 0.2) is 24.4 Å². The quantitative estimate of drug-likeness (QED) is 0.876. The zero-order valence-corrected chi connectivity index (χ0v) is 15.5. The van der Waals surface area contributed by atoms with Gasteiger partial charge in [0, 0.05) is 37.8 Å². The Morgan fingerprint density at radius 3 is 2.88 bits per heavy atom. The van der Waals surface area contributed by atoms with Crippen LogP contribution in [0.4, 0.5) is 0 Å². The van der Waals surface area contributed by atoms with Gasteiger partial charge in [0.1, 0.15) is 11.6 Å². The molecule has 3 rings (SSSR count). The number of benzene rings is 1. The number of aliphatic hydroxyl groups is 1. The number of nitrogens with zero attached hydrogens (tertiary/aromatic N) is 3. The molecule has 0 bridgehead atoms. The number of aliphatic hydroxyl groups excluding tert-OH is 1. The topological polar surface area (TPSA) is 50.5 Å². The van der Waals surface area contributed by atoms with Crippen molar-refractivity contribution in [3.8, 4) is 5.75 Å². The minimum atomic E-state index is 0.0122. The van der Waals surface area contributed by atoms with Crippen molar-refractivity contribution in [1.82, 2.24) is 14.5 Å². The van der Waals surface area contributed by atoms with E-state index in [2.05, 4.69) is 41.8 Å². The van der Waals surface area contributed by atoms with Crippen LogP contribution in [0.25, 0.3) is 0 Å². The average Bonchev–Trinajstić information content (AvgIpc) is 2.95. The van der Waals surface area contributed by atoms with Crippen molar-refractivity contribution in [1.29, 1.82) is 0 Å². The minimum Gasteiger partial charge on any atom is -0.494 e. The molecule has 0 unspecified atom stereocenters. The van der Waals surface area contributed by atoms with Gasteiger partial charge in [-0.2, -0.15) is 0 Å². The largest absolute Gasteiger partial charge is 0.494 e. The summed E-state index contributed by atoms with van der Waals surface area (Å²) in [6, 6.07) is 6.16. The van der Waals surface area contributed by atoms with Crippen LogP contribution >= 0.6 is 0 Å². The molecule has 136 valence electrons. The highest BCUT2D eigenvalue weighted by atomic mass is 16.5. The normalized spacial score (nSPS) is 18.5. The second-order valence-corrected chi connectivity index (χ2v) is 6.96. The van der Waals surface area contributed by atoms with Crippen molar-refractivity contribution in [3.05, 3.63) is 47.0 Å². The molecule has 0 radical (unpaired) electrons. The summed E-state index contributed by atoms with van der Waals surface area (Å²) in [6.45, 7) is 7.69. The smallest absolute Gasteiger partial charge is 0.124 e. The fourth-order valence-electron chi connectivity index (χ4n) is 3.83. The van der Waals surface area contributed by atoms with E-state index in [0.29, 0.717) is 12.5 Å². The average molecular weight is 343 g/mol. The van der Waals surface area contributed by atoms with E-state index in [1.807, 2.05) is 13.0 Å². The van der Waals surface area contributed by atoms with Crippen molar-refractivity contribution in [2.24, 2.45) is 7.05 Å². The first-order chi connectivity index (χ1) is 12.1. The lowest BCUT2D eigenvalue weighted by Gasteiger charge is -2.32. The predicted molar refractivity (Wildman–Crippen MR) is 98.7 cm³/mol. The first kappa shape index (κ1) is 18.0. The number of piperidine rings is 1. The first-order valence-electron chi connectivity index (χ1n) is 9.18. The lowest BCUT2D eigenvalue weighted by Crippen LogP contribution is -2.34. The maximum Gasteiger partial charge on any atom is 0.124 e. The fraction of sp³-hybridized carbons (Fsp3) is 0.550. The fourth-order valence-corrected chi connectivity index (χ4v) is 3.83. The van der Waals surface area contributed by atoms with E-state index < -0.39 is 0 Å². The second kappa shape index (κ2) is 8.02. The molecule has 25 heavy (non-hydrogen) atoms. The number of rotatable bonds is 6. The molecule has 1 aliphatic heterocycles. The van der Waals surface area contributed by atoms with Crippen LogP contribution in [0.3, 0.4) is 0 Å². The molecule has 1 atom stereocenters. The molecule has 5 nitrogen and oxygen atoms in total. The third kappa shape index (κ3) is 4.22. The molecule has 1 N–H and O–H groups in total. The van der Waals surface area contributed by atoms with Gasteiger partial charge < -0.3 is 14.4 Å². The highest BCUT2D eigenvalue weighted by Crippen LogP contribution is 2.28. The number of hydrogen-bond acceptors (Lipinski definition) is 4. The third-order valence-corrected chi connectivity index (χ3v) is 4.90. The van der Waals surface area contributed by atoms with Crippen LogP contribution in [-0.4, -0.2) is 39.3 Å². The van der Waals surface area contributed by atoms with Gasteiger partial charge in [0.2, 0.25) is 0 Å². The van der Waals surface area contributed by atoms with Gasteiger partial charge in [-0.3, -0.25) is 4.90 Å². The monoisotopic (exact) mass is 343 g/mol. The third-order valence-electron chi connectivity index (χ3n) is 4.90. The minimum absolute atomic E-state index is 0.0122. The number of aromatic nitrogens is 2. The number of ether oxygens (including phenoxy) is 1. The summed E-state index contributed by atoms with van der Waals surface area (Å²) >= 11 is 0. The summed E-state index contributed by atoms with van der Waals surface area (Å²) in [5, 5.41) is 9.59. The molecule has 2 heterocycles.